The number of benzene rings is 2. The normalized spacial score (nSPS) is 17.0. The van der Waals surface area contributed by atoms with Gasteiger partial charge in [0, 0.05) is 13.1 Å². The molecule has 4 nitrogen and oxygen atoms in total. The SMILES string of the molecule is O=C(NCCN1CCC(c2ccccc2)CC1)C(O)c1ccc(F)cc1. The molecular formula is C21H25FN2O2. The lowest BCUT2D eigenvalue weighted by atomic mass is 9.89. The molecule has 2 aromatic carbocycles. The lowest BCUT2D eigenvalue weighted by Crippen LogP contribution is -2.40. The van der Waals surface area contributed by atoms with Gasteiger partial charge in [-0.15, -0.1) is 0 Å². The summed E-state index contributed by atoms with van der Waals surface area (Å²) >= 11 is 0. The fourth-order valence-corrected chi connectivity index (χ4v) is 3.45. The minimum atomic E-state index is -1.26. The lowest BCUT2D eigenvalue weighted by Gasteiger charge is -2.32. The molecule has 1 aliphatic heterocycles. The fraction of sp³-hybridized carbons (Fsp3) is 0.381. The standard InChI is InChI=1S/C21H25FN2O2/c22-19-8-6-18(7-9-19)20(25)21(26)23-12-15-24-13-10-17(11-14-24)16-4-2-1-3-5-16/h1-9,17,20,25H,10-15H2,(H,23,26). The van der Waals surface area contributed by atoms with Gasteiger partial charge in [-0.05, 0) is 55.1 Å². The van der Waals surface area contributed by atoms with E-state index < -0.39 is 12.0 Å². The van der Waals surface area contributed by atoms with Gasteiger partial charge in [0.25, 0.3) is 5.91 Å². The van der Waals surface area contributed by atoms with E-state index in [2.05, 4.69) is 34.5 Å². The van der Waals surface area contributed by atoms with Crippen molar-refractivity contribution >= 4 is 5.91 Å². The van der Waals surface area contributed by atoms with E-state index >= 15 is 0 Å². The zero-order chi connectivity index (χ0) is 18.4. The van der Waals surface area contributed by atoms with Crippen molar-refractivity contribution in [2.45, 2.75) is 24.9 Å². The first kappa shape index (κ1) is 18.5. The number of carbonyl (C=O) groups is 1. The van der Waals surface area contributed by atoms with Gasteiger partial charge in [0.15, 0.2) is 6.10 Å². The molecule has 1 aliphatic rings. The van der Waals surface area contributed by atoms with Gasteiger partial charge in [-0.25, -0.2) is 4.39 Å². The number of aliphatic hydroxyl groups excluding tert-OH is 1. The summed E-state index contributed by atoms with van der Waals surface area (Å²) in [5, 5.41) is 12.8. The zero-order valence-electron chi connectivity index (χ0n) is 14.8. The predicted octanol–water partition coefficient (Wildman–Crippen LogP) is 2.85. The largest absolute Gasteiger partial charge is 0.378 e. The average molecular weight is 356 g/mol. The van der Waals surface area contributed by atoms with E-state index in [-0.39, 0.29) is 5.82 Å². The number of likely N-dealkylation sites (tertiary alicyclic amines) is 1. The molecular weight excluding hydrogens is 331 g/mol. The number of nitrogens with zero attached hydrogens (tertiary/aromatic N) is 1. The van der Waals surface area contributed by atoms with Gasteiger partial charge in [-0.1, -0.05) is 42.5 Å². The van der Waals surface area contributed by atoms with Crippen molar-refractivity contribution in [2.75, 3.05) is 26.2 Å². The summed E-state index contributed by atoms with van der Waals surface area (Å²) in [6.07, 6.45) is 0.978. The maximum Gasteiger partial charge on any atom is 0.253 e. The van der Waals surface area contributed by atoms with E-state index in [4.69, 9.17) is 0 Å². The molecule has 1 heterocycles. The highest BCUT2D eigenvalue weighted by Gasteiger charge is 2.21. The number of hydrogen-bond donors (Lipinski definition) is 2. The topological polar surface area (TPSA) is 52.6 Å². The highest BCUT2D eigenvalue weighted by Crippen LogP contribution is 2.27. The average Bonchev–Trinajstić information content (AvgIpc) is 2.69. The molecule has 0 aromatic heterocycles. The highest BCUT2D eigenvalue weighted by molar-refractivity contribution is 5.81. The number of nitrogens with one attached hydrogen (secondary N) is 1. The van der Waals surface area contributed by atoms with Crippen molar-refractivity contribution in [3.8, 4) is 0 Å². The van der Waals surface area contributed by atoms with Crippen molar-refractivity contribution in [1.29, 1.82) is 0 Å². The van der Waals surface area contributed by atoms with E-state index in [0.29, 0.717) is 18.0 Å². The van der Waals surface area contributed by atoms with Gasteiger partial charge < -0.3 is 15.3 Å². The second-order valence-electron chi connectivity index (χ2n) is 6.77. The van der Waals surface area contributed by atoms with E-state index in [1.165, 1.54) is 29.8 Å². The molecule has 0 radical (unpaired) electrons. The van der Waals surface area contributed by atoms with E-state index in [0.717, 1.165) is 32.5 Å². The smallest absolute Gasteiger partial charge is 0.253 e. The Balaban J connectivity index is 1.39. The van der Waals surface area contributed by atoms with E-state index in [1.807, 2.05) is 6.07 Å². The number of hydrogen-bond acceptors (Lipinski definition) is 3. The molecule has 26 heavy (non-hydrogen) atoms. The molecule has 2 aromatic rings. The number of aliphatic hydroxyl groups is 1. The third kappa shape index (κ3) is 4.90. The Bertz CT molecular complexity index is 698. The summed E-state index contributed by atoms with van der Waals surface area (Å²) in [5.41, 5.74) is 1.80. The summed E-state index contributed by atoms with van der Waals surface area (Å²) in [5.74, 6) is -0.224. The summed E-state index contributed by atoms with van der Waals surface area (Å²) in [6, 6.07) is 15.9. The molecule has 1 unspecified atom stereocenters. The molecule has 3 rings (SSSR count). The second-order valence-corrected chi connectivity index (χ2v) is 6.77. The summed E-state index contributed by atoms with van der Waals surface area (Å²) < 4.78 is 12.9. The Hall–Kier alpha value is -2.24. The molecule has 0 saturated carbocycles. The quantitative estimate of drug-likeness (QED) is 0.837. The van der Waals surface area contributed by atoms with Crippen LogP contribution in [0.3, 0.4) is 0 Å². The third-order valence-electron chi connectivity index (χ3n) is 5.02. The number of carbonyl (C=O) groups excluding carboxylic acids is 1. The minimum absolute atomic E-state index is 0.389. The third-order valence-corrected chi connectivity index (χ3v) is 5.02. The molecule has 0 spiro atoms. The van der Waals surface area contributed by atoms with Gasteiger partial charge in [0.2, 0.25) is 0 Å². The van der Waals surface area contributed by atoms with E-state index in [1.54, 1.807) is 0 Å². The Morgan fingerprint density at radius 2 is 1.77 bits per heavy atom. The number of halogens is 1. The molecule has 5 heteroatoms. The van der Waals surface area contributed by atoms with Crippen LogP contribution in [-0.4, -0.2) is 42.1 Å². The van der Waals surface area contributed by atoms with Crippen molar-refractivity contribution in [3.05, 3.63) is 71.5 Å². The van der Waals surface area contributed by atoms with Gasteiger partial charge in [-0.2, -0.15) is 0 Å². The first-order chi connectivity index (χ1) is 12.6. The van der Waals surface area contributed by atoms with Crippen LogP contribution in [0.2, 0.25) is 0 Å². The number of piperidine rings is 1. The lowest BCUT2D eigenvalue weighted by molar-refractivity contribution is -0.129. The predicted molar refractivity (Wildman–Crippen MR) is 99.2 cm³/mol. The van der Waals surface area contributed by atoms with Gasteiger partial charge in [0.1, 0.15) is 5.82 Å². The van der Waals surface area contributed by atoms with Crippen LogP contribution in [0.5, 0.6) is 0 Å². The molecule has 0 bridgehead atoms. The molecule has 1 atom stereocenters. The number of amides is 1. The van der Waals surface area contributed by atoms with Crippen LogP contribution < -0.4 is 5.32 Å². The van der Waals surface area contributed by atoms with Crippen molar-refractivity contribution in [2.24, 2.45) is 0 Å². The summed E-state index contributed by atoms with van der Waals surface area (Å²) in [6.45, 7) is 3.28. The van der Waals surface area contributed by atoms with Crippen LogP contribution in [0.15, 0.2) is 54.6 Å². The molecule has 1 amide bonds. The fourth-order valence-electron chi connectivity index (χ4n) is 3.45. The molecule has 1 fully saturated rings. The molecule has 0 aliphatic carbocycles. The summed E-state index contributed by atoms with van der Waals surface area (Å²) in [4.78, 5) is 14.4. The highest BCUT2D eigenvalue weighted by atomic mass is 19.1. The second kappa shape index (κ2) is 8.92. The molecule has 1 saturated heterocycles. The first-order valence-electron chi connectivity index (χ1n) is 9.12. The Labute approximate surface area is 153 Å². The van der Waals surface area contributed by atoms with Crippen LogP contribution >= 0.6 is 0 Å². The zero-order valence-corrected chi connectivity index (χ0v) is 14.8. The summed E-state index contributed by atoms with van der Waals surface area (Å²) in [7, 11) is 0. The van der Waals surface area contributed by atoms with Gasteiger partial charge in [0.05, 0.1) is 0 Å². The van der Waals surface area contributed by atoms with Crippen molar-refractivity contribution < 1.29 is 14.3 Å². The van der Waals surface area contributed by atoms with Crippen molar-refractivity contribution in [1.82, 2.24) is 10.2 Å². The van der Waals surface area contributed by atoms with Gasteiger partial charge in [-0.3, -0.25) is 4.79 Å². The maximum absolute atomic E-state index is 12.9. The molecule has 138 valence electrons. The van der Waals surface area contributed by atoms with Crippen LogP contribution in [0.1, 0.15) is 36.0 Å². The molecule has 2 N–H and O–H groups in total. The monoisotopic (exact) mass is 356 g/mol. The Morgan fingerprint density at radius 1 is 1.12 bits per heavy atom. The Kier molecular flexibility index (Phi) is 6.36. The van der Waals surface area contributed by atoms with Crippen LogP contribution in [0.25, 0.3) is 0 Å². The Morgan fingerprint density at radius 3 is 2.42 bits per heavy atom. The van der Waals surface area contributed by atoms with E-state index in [9.17, 15) is 14.3 Å². The maximum atomic E-state index is 12.9. The van der Waals surface area contributed by atoms with Crippen molar-refractivity contribution in [3.63, 3.8) is 0 Å². The van der Waals surface area contributed by atoms with Crippen LogP contribution in [0.4, 0.5) is 4.39 Å². The number of rotatable bonds is 6. The van der Waals surface area contributed by atoms with Crippen LogP contribution in [0, 0.1) is 5.82 Å². The van der Waals surface area contributed by atoms with Gasteiger partial charge >= 0.3 is 0 Å². The first-order valence-corrected chi connectivity index (χ1v) is 9.12. The minimum Gasteiger partial charge on any atom is -0.378 e. The van der Waals surface area contributed by atoms with Crippen LogP contribution in [-0.2, 0) is 4.79 Å².